The van der Waals surface area contributed by atoms with Gasteiger partial charge in [0, 0.05) is 63.6 Å². The molecule has 1 atom stereocenters. The van der Waals surface area contributed by atoms with Crippen LogP contribution in [0.1, 0.15) is 31.7 Å². The van der Waals surface area contributed by atoms with Gasteiger partial charge in [0.15, 0.2) is 0 Å². The van der Waals surface area contributed by atoms with Crippen LogP contribution in [0.2, 0.25) is 0 Å². The van der Waals surface area contributed by atoms with Gasteiger partial charge in [-0.2, -0.15) is 0 Å². The summed E-state index contributed by atoms with van der Waals surface area (Å²) in [6.07, 6.45) is 5.90. The topological polar surface area (TPSA) is 31.6 Å². The molecule has 4 nitrogen and oxygen atoms in total. The molecule has 0 amide bonds. The molecule has 1 aliphatic heterocycles. The van der Waals surface area contributed by atoms with E-state index in [0.29, 0.717) is 12.6 Å². The molecule has 2 fully saturated rings. The van der Waals surface area contributed by atoms with E-state index in [1.165, 1.54) is 35.9 Å². The van der Waals surface area contributed by atoms with Gasteiger partial charge in [0.25, 0.3) is 0 Å². The summed E-state index contributed by atoms with van der Waals surface area (Å²) in [6.45, 7) is 9.15. The second-order valence-electron chi connectivity index (χ2n) is 7.83. The molecule has 0 spiro atoms. The van der Waals surface area contributed by atoms with Crippen molar-refractivity contribution in [2.75, 3.05) is 32.8 Å². The average Bonchev–Trinajstić information content (AvgIpc) is 3.34. The van der Waals surface area contributed by atoms with E-state index in [4.69, 9.17) is 0 Å². The highest BCUT2D eigenvalue weighted by Gasteiger charge is 2.31. The van der Waals surface area contributed by atoms with E-state index >= 15 is 0 Å². The molecule has 1 aromatic heterocycles. The third kappa shape index (κ3) is 3.91. The molecule has 2 aliphatic rings. The van der Waals surface area contributed by atoms with Crippen molar-refractivity contribution in [3.05, 3.63) is 36.0 Å². The molecule has 4 rings (SSSR count). The minimum Gasteiger partial charge on any atom is -0.396 e. The number of hydrogen-bond acceptors (Lipinski definition) is 3. The van der Waals surface area contributed by atoms with Crippen molar-refractivity contribution in [1.82, 2.24) is 14.4 Å². The Kier molecular flexibility index (Phi) is 5.11. The van der Waals surface area contributed by atoms with Crippen LogP contribution in [0.4, 0.5) is 0 Å². The molecule has 1 aliphatic carbocycles. The number of aliphatic hydroxyl groups excluding tert-OH is 1. The van der Waals surface area contributed by atoms with Crippen molar-refractivity contribution in [3.63, 3.8) is 0 Å². The maximum atomic E-state index is 9.46. The number of aryl methyl sites for hydroxylation is 1. The Balaban J connectivity index is 1.41. The maximum absolute atomic E-state index is 9.46. The minimum atomic E-state index is 0.302. The largest absolute Gasteiger partial charge is 0.396 e. The minimum absolute atomic E-state index is 0.302. The van der Waals surface area contributed by atoms with Gasteiger partial charge in [0.1, 0.15) is 0 Å². The van der Waals surface area contributed by atoms with Gasteiger partial charge < -0.3 is 9.67 Å². The molecule has 25 heavy (non-hydrogen) atoms. The van der Waals surface area contributed by atoms with Gasteiger partial charge in [-0.3, -0.25) is 9.80 Å². The van der Waals surface area contributed by atoms with E-state index in [2.05, 4.69) is 51.8 Å². The highest BCUT2D eigenvalue weighted by molar-refractivity contribution is 5.80. The first-order chi connectivity index (χ1) is 12.3. The summed E-state index contributed by atoms with van der Waals surface area (Å²) in [5.41, 5.74) is 2.73. The van der Waals surface area contributed by atoms with Gasteiger partial charge in [0.05, 0.1) is 0 Å². The summed E-state index contributed by atoms with van der Waals surface area (Å²) in [4.78, 5) is 5.21. The molecule has 4 heteroatoms. The van der Waals surface area contributed by atoms with Gasteiger partial charge in [-0.1, -0.05) is 6.07 Å². The maximum Gasteiger partial charge on any atom is 0.0480 e. The second-order valence-corrected chi connectivity index (χ2v) is 7.83. The number of fused-ring (bicyclic) bond motifs is 1. The van der Waals surface area contributed by atoms with E-state index in [-0.39, 0.29) is 0 Å². The quantitative estimate of drug-likeness (QED) is 0.840. The Bertz CT molecular complexity index is 706. The van der Waals surface area contributed by atoms with Gasteiger partial charge >= 0.3 is 0 Å². The zero-order chi connectivity index (χ0) is 17.2. The first-order valence-corrected chi connectivity index (χ1v) is 9.92. The molecule has 2 aromatic rings. The molecular formula is C21H31N3O. The summed E-state index contributed by atoms with van der Waals surface area (Å²) in [5, 5.41) is 10.8. The Labute approximate surface area is 151 Å². The molecule has 0 radical (unpaired) electrons. The average molecular weight is 341 g/mol. The van der Waals surface area contributed by atoms with Gasteiger partial charge in [-0.15, -0.1) is 0 Å². The number of rotatable bonds is 7. The van der Waals surface area contributed by atoms with Crippen LogP contribution < -0.4 is 0 Å². The van der Waals surface area contributed by atoms with E-state index in [1.54, 1.807) is 0 Å². The van der Waals surface area contributed by atoms with Crippen molar-refractivity contribution < 1.29 is 5.11 Å². The molecule has 1 saturated heterocycles. The molecule has 1 N–H and O–H groups in total. The first-order valence-electron chi connectivity index (χ1n) is 9.92. The van der Waals surface area contributed by atoms with Crippen molar-refractivity contribution >= 4 is 10.9 Å². The van der Waals surface area contributed by atoms with Crippen LogP contribution in [0.25, 0.3) is 10.9 Å². The third-order valence-corrected chi connectivity index (χ3v) is 5.92. The van der Waals surface area contributed by atoms with E-state index in [9.17, 15) is 5.11 Å². The fraction of sp³-hybridized carbons (Fsp3) is 0.619. The number of piperazine rings is 1. The SMILES string of the molecule is CCn1ccc2cc(CN3CCN(CC4CC4)[C@@H](CCO)C3)ccc21. The summed E-state index contributed by atoms with van der Waals surface area (Å²) in [5.74, 6) is 0.928. The second kappa shape index (κ2) is 7.48. The summed E-state index contributed by atoms with van der Waals surface area (Å²) >= 11 is 0. The standard InChI is InChI=1S/C21H31N3O/c1-2-23-9-7-19-13-18(5-6-21(19)23)14-22-10-11-24(15-17-3-4-17)20(16-22)8-12-25/h5-7,9,13,17,20,25H,2-4,8,10-12,14-16H2,1H3/t20-/m0/s1. The normalized spacial score (nSPS) is 22.7. The van der Waals surface area contributed by atoms with Crippen LogP contribution in [0.5, 0.6) is 0 Å². The smallest absolute Gasteiger partial charge is 0.0480 e. The zero-order valence-electron chi connectivity index (χ0n) is 15.4. The monoisotopic (exact) mass is 341 g/mol. The van der Waals surface area contributed by atoms with Gasteiger partial charge in [0.2, 0.25) is 0 Å². The summed E-state index contributed by atoms with van der Waals surface area (Å²) in [7, 11) is 0. The Morgan fingerprint density at radius 2 is 2.04 bits per heavy atom. The zero-order valence-corrected chi connectivity index (χ0v) is 15.4. The molecule has 1 saturated carbocycles. The van der Waals surface area contributed by atoms with Crippen molar-refractivity contribution in [2.24, 2.45) is 5.92 Å². The lowest BCUT2D eigenvalue weighted by Gasteiger charge is -2.41. The number of hydrogen-bond donors (Lipinski definition) is 1. The van der Waals surface area contributed by atoms with Crippen LogP contribution in [0.3, 0.4) is 0 Å². The van der Waals surface area contributed by atoms with Gasteiger partial charge in [-0.05, 0) is 61.3 Å². The third-order valence-electron chi connectivity index (χ3n) is 5.92. The molecule has 136 valence electrons. The van der Waals surface area contributed by atoms with Crippen LogP contribution >= 0.6 is 0 Å². The van der Waals surface area contributed by atoms with Crippen LogP contribution in [-0.2, 0) is 13.1 Å². The van der Waals surface area contributed by atoms with Crippen molar-refractivity contribution in [2.45, 2.75) is 45.3 Å². The fourth-order valence-electron chi connectivity index (χ4n) is 4.28. The fourth-order valence-corrected chi connectivity index (χ4v) is 4.28. The number of aliphatic hydroxyl groups is 1. The lowest BCUT2D eigenvalue weighted by molar-refractivity contribution is 0.0522. The number of benzene rings is 1. The molecule has 0 unspecified atom stereocenters. The summed E-state index contributed by atoms with van der Waals surface area (Å²) < 4.78 is 2.30. The Hall–Kier alpha value is -1.36. The van der Waals surface area contributed by atoms with Crippen LogP contribution in [-0.4, -0.2) is 58.3 Å². The predicted octanol–water partition coefficient (Wildman–Crippen LogP) is 2.94. The van der Waals surface area contributed by atoms with Crippen LogP contribution in [0, 0.1) is 5.92 Å². The lowest BCUT2D eigenvalue weighted by atomic mass is 10.1. The molecular weight excluding hydrogens is 310 g/mol. The lowest BCUT2D eigenvalue weighted by Crippen LogP contribution is -2.53. The Morgan fingerprint density at radius 1 is 1.16 bits per heavy atom. The molecule has 2 heterocycles. The van der Waals surface area contributed by atoms with Crippen molar-refractivity contribution in [1.29, 1.82) is 0 Å². The van der Waals surface area contributed by atoms with Crippen molar-refractivity contribution in [3.8, 4) is 0 Å². The molecule has 1 aromatic carbocycles. The highest BCUT2D eigenvalue weighted by Crippen LogP contribution is 2.31. The van der Waals surface area contributed by atoms with Gasteiger partial charge in [-0.25, -0.2) is 0 Å². The van der Waals surface area contributed by atoms with E-state index < -0.39 is 0 Å². The van der Waals surface area contributed by atoms with Crippen LogP contribution in [0.15, 0.2) is 30.5 Å². The number of nitrogens with zero attached hydrogens (tertiary/aromatic N) is 3. The number of aromatic nitrogens is 1. The summed E-state index contributed by atoms with van der Waals surface area (Å²) in [6, 6.07) is 9.64. The first kappa shape index (κ1) is 17.1. The highest BCUT2D eigenvalue weighted by atomic mass is 16.3. The Morgan fingerprint density at radius 3 is 2.80 bits per heavy atom. The van der Waals surface area contributed by atoms with E-state index in [0.717, 1.165) is 45.1 Å². The van der Waals surface area contributed by atoms with E-state index in [1.807, 2.05) is 0 Å². The predicted molar refractivity (Wildman–Crippen MR) is 103 cm³/mol. The molecule has 0 bridgehead atoms.